The monoisotopic (exact) mass is 296 g/mol. The first-order chi connectivity index (χ1) is 9.17. The molecule has 0 atom stereocenters. The number of nitrogens with zero attached hydrogens (tertiary/aromatic N) is 4. The molecule has 0 saturated heterocycles. The molecular formula is C12H10Cl2N4O. The number of hydrogen-bond donors (Lipinski definition) is 0. The van der Waals surface area contributed by atoms with Crippen molar-refractivity contribution in [3.8, 4) is 0 Å². The Bertz CT molecular complexity index is 734. The first-order valence-electron chi connectivity index (χ1n) is 5.67. The average Bonchev–Trinajstić information content (AvgIpc) is 2.94. The minimum atomic E-state index is 0.305. The Hall–Kier alpha value is -1.59. The highest BCUT2D eigenvalue weighted by molar-refractivity contribution is 6.31. The lowest BCUT2D eigenvalue weighted by Crippen LogP contribution is -2.04. The third kappa shape index (κ3) is 2.31. The van der Waals surface area contributed by atoms with E-state index in [1.54, 1.807) is 13.0 Å². The van der Waals surface area contributed by atoms with Crippen LogP contribution in [0.15, 0.2) is 22.7 Å². The molecule has 7 heteroatoms. The Morgan fingerprint density at radius 2 is 2.16 bits per heavy atom. The van der Waals surface area contributed by atoms with E-state index in [1.807, 2.05) is 16.7 Å². The van der Waals surface area contributed by atoms with Gasteiger partial charge in [-0.15, -0.1) is 11.6 Å². The topological polar surface area (TPSA) is 56.7 Å². The van der Waals surface area contributed by atoms with Gasteiger partial charge < -0.3 is 9.09 Å². The number of aromatic nitrogens is 4. The van der Waals surface area contributed by atoms with E-state index in [0.29, 0.717) is 29.2 Å². The molecule has 3 aromatic rings. The molecule has 0 amide bonds. The summed E-state index contributed by atoms with van der Waals surface area (Å²) in [6.07, 6.45) is 0. The van der Waals surface area contributed by atoms with Crippen LogP contribution >= 0.6 is 23.2 Å². The molecule has 3 rings (SSSR count). The van der Waals surface area contributed by atoms with Gasteiger partial charge in [0.15, 0.2) is 5.82 Å². The molecule has 0 saturated carbocycles. The highest BCUT2D eigenvalue weighted by Gasteiger charge is 2.13. The van der Waals surface area contributed by atoms with Crippen molar-refractivity contribution in [1.82, 2.24) is 19.7 Å². The van der Waals surface area contributed by atoms with Crippen molar-refractivity contribution in [2.75, 3.05) is 0 Å². The zero-order valence-corrected chi connectivity index (χ0v) is 11.6. The van der Waals surface area contributed by atoms with E-state index in [1.165, 1.54) is 0 Å². The van der Waals surface area contributed by atoms with Crippen LogP contribution in [0, 0.1) is 6.92 Å². The number of aryl methyl sites for hydroxylation is 1. The molecule has 0 N–H and O–H groups in total. The maximum Gasteiger partial charge on any atom is 0.246 e. The summed E-state index contributed by atoms with van der Waals surface area (Å²) in [6.45, 7) is 2.21. The van der Waals surface area contributed by atoms with E-state index in [9.17, 15) is 0 Å². The van der Waals surface area contributed by atoms with E-state index in [2.05, 4.69) is 15.1 Å². The molecule has 0 aliphatic carbocycles. The predicted molar refractivity (Wildman–Crippen MR) is 72.4 cm³/mol. The summed E-state index contributed by atoms with van der Waals surface area (Å²) in [4.78, 5) is 8.65. The summed E-state index contributed by atoms with van der Waals surface area (Å²) in [6, 6.07) is 5.52. The van der Waals surface area contributed by atoms with Gasteiger partial charge in [-0.2, -0.15) is 4.98 Å². The number of benzene rings is 1. The van der Waals surface area contributed by atoms with E-state index in [0.717, 1.165) is 16.9 Å². The van der Waals surface area contributed by atoms with Crippen LogP contribution in [0.1, 0.15) is 17.5 Å². The molecule has 0 radical (unpaired) electrons. The Morgan fingerprint density at radius 3 is 2.84 bits per heavy atom. The van der Waals surface area contributed by atoms with Crippen molar-refractivity contribution < 1.29 is 4.52 Å². The standard InChI is InChI=1S/C12H10Cl2N4O/c1-7-15-12(19-17-7)6-18-10-4-8(14)2-3-9(10)16-11(18)5-13/h2-4H,5-6H2,1H3. The van der Waals surface area contributed by atoms with Gasteiger partial charge in [-0.05, 0) is 25.1 Å². The zero-order valence-electron chi connectivity index (χ0n) is 10.1. The van der Waals surface area contributed by atoms with Gasteiger partial charge in [0.2, 0.25) is 5.89 Å². The molecule has 1 aromatic carbocycles. The van der Waals surface area contributed by atoms with Gasteiger partial charge in [0.25, 0.3) is 0 Å². The van der Waals surface area contributed by atoms with Crippen LogP contribution in [0.4, 0.5) is 0 Å². The second-order valence-electron chi connectivity index (χ2n) is 4.12. The number of rotatable bonds is 3. The maximum absolute atomic E-state index is 6.02. The fourth-order valence-corrected chi connectivity index (χ4v) is 2.33. The van der Waals surface area contributed by atoms with E-state index >= 15 is 0 Å². The van der Waals surface area contributed by atoms with Crippen molar-refractivity contribution in [3.63, 3.8) is 0 Å². The summed E-state index contributed by atoms with van der Waals surface area (Å²) in [7, 11) is 0. The lowest BCUT2D eigenvalue weighted by atomic mass is 10.3. The van der Waals surface area contributed by atoms with Gasteiger partial charge in [-0.25, -0.2) is 4.98 Å². The highest BCUT2D eigenvalue weighted by Crippen LogP contribution is 2.22. The normalized spacial score (nSPS) is 11.3. The number of fused-ring (bicyclic) bond motifs is 1. The summed E-state index contributed by atoms with van der Waals surface area (Å²) in [5, 5.41) is 4.42. The van der Waals surface area contributed by atoms with Crippen LogP contribution in [0.2, 0.25) is 5.02 Å². The predicted octanol–water partition coefficient (Wildman–Crippen LogP) is 3.17. The highest BCUT2D eigenvalue weighted by atomic mass is 35.5. The first-order valence-corrected chi connectivity index (χ1v) is 6.58. The number of hydrogen-bond acceptors (Lipinski definition) is 4. The summed E-state index contributed by atoms with van der Waals surface area (Å²) in [5.74, 6) is 2.17. The molecular weight excluding hydrogens is 287 g/mol. The average molecular weight is 297 g/mol. The molecule has 0 fully saturated rings. The second-order valence-corrected chi connectivity index (χ2v) is 4.82. The minimum absolute atomic E-state index is 0.305. The molecule has 0 spiro atoms. The van der Waals surface area contributed by atoms with Crippen LogP contribution in [0.25, 0.3) is 11.0 Å². The number of halogens is 2. The van der Waals surface area contributed by atoms with Crippen molar-refractivity contribution in [2.24, 2.45) is 0 Å². The molecule has 2 heterocycles. The minimum Gasteiger partial charge on any atom is -0.337 e. The summed E-state index contributed by atoms with van der Waals surface area (Å²) < 4.78 is 7.06. The third-order valence-corrected chi connectivity index (χ3v) is 3.25. The van der Waals surface area contributed by atoms with Crippen LogP contribution in [-0.2, 0) is 12.4 Å². The van der Waals surface area contributed by atoms with Crippen LogP contribution < -0.4 is 0 Å². The van der Waals surface area contributed by atoms with Crippen molar-refractivity contribution in [3.05, 3.63) is 40.8 Å². The molecule has 5 nitrogen and oxygen atoms in total. The van der Waals surface area contributed by atoms with Gasteiger partial charge in [-0.1, -0.05) is 16.8 Å². The Labute approximate surface area is 119 Å². The molecule has 19 heavy (non-hydrogen) atoms. The number of imidazole rings is 1. The van der Waals surface area contributed by atoms with Crippen molar-refractivity contribution in [2.45, 2.75) is 19.3 Å². The molecule has 0 aliphatic rings. The second kappa shape index (κ2) is 4.83. The van der Waals surface area contributed by atoms with Crippen LogP contribution in [0.3, 0.4) is 0 Å². The fraction of sp³-hybridized carbons (Fsp3) is 0.250. The maximum atomic E-state index is 6.02. The first kappa shape index (κ1) is 12.4. The molecule has 0 aliphatic heterocycles. The number of alkyl halides is 1. The third-order valence-electron chi connectivity index (χ3n) is 2.77. The van der Waals surface area contributed by atoms with Gasteiger partial charge >= 0.3 is 0 Å². The van der Waals surface area contributed by atoms with E-state index in [-0.39, 0.29) is 0 Å². The van der Waals surface area contributed by atoms with E-state index in [4.69, 9.17) is 27.7 Å². The lowest BCUT2D eigenvalue weighted by Gasteiger charge is -2.04. The lowest BCUT2D eigenvalue weighted by molar-refractivity contribution is 0.368. The molecule has 0 unspecified atom stereocenters. The van der Waals surface area contributed by atoms with E-state index < -0.39 is 0 Å². The Kier molecular flexibility index (Phi) is 3.16. The van der Waals surface area contributed by atoms with Crippen molar-refractivity contribution >= 4 is 34.2 Å². The van der Waals surface area contributed by atoms with Gasteiger partial charge in [-0.3, -0.25) is 0 Å². The Morgan fingerprint density at radius 1 is 1.32 bits per heavy atom. The van der Waals surface area contributed by atoms with Crippen molar-refractivity contribution in [1.29, 1.82) is 0 Å². The van der Waals surface area contributed by atoms with Gasteiger partial charge in [0, 0.05) is 5.02 Å². The zero-order chi connectivity index (χ0) is 13.4. The molecule has 0 bridgehead atoms. The fourth-order valence-electron chi connectivity index (χ4n) is 1.96. The Balaban J connectivity index is 2.12. The molecule has 2 aromatic heterocycles. The van der Waals surface area contributed by atoms with Gasteiger partial charge in [0.05, 0.1) is 16.9 Å². The largest absolute Gasteiger partial charge is 0.337 e. The van der Waals surface area contributed by atoms with Gasteiger partial charge in [0.1, 0.15) is 12.4 Å². The summed E-state index contributed by atoms with van der Waals surface area (Å²) >= 11 is 12.0. The van der Waals surface area contributed by atoms with Crippen LogP contribution in [-0.4, -0.2) is 19.7 Å². The quantitative estimate of drug-likeness (QED) is 0.697. The SMILES string of the molecule is Cc1noc(Cn2c(CCl)nc3ccc(Cl)cc32)n1. The smallest absolute Gasteiger partial charge is 0.246 e. The van der Waals surface area contributed by atoms with Crippen LogP contribution in [0.5, 0.6) is 0 Å². The molecule has 98 valence electrons. The summed E-state index contributed by atoms with van der Waals surface area (Å²) in [5.41, 5.74) is 1.75.